The van der Waals surface area contributed by atoms with E-state index in [-0.39, 0.29) is 54.4 Å². The minimum atomic E-state index is -2.77. The Morgan fingerprint density at radius 2 is 2.14 bits per heavy atom. The number of halogens is 4. The molecule has 116 valence electrons. The van der Waals surface area contributed by atoms with Crippen LogP contribution in [0.4, 0.5) is 19.0 Å². The first kappa shape index (κ1) is 15.9. The van der Waals surface area contributed by atoms with Crippen LogP contribution in [0.25, 0.3) is 0 Å². The van der Waals surface area contributed by atoms with Crippen molar-refractivity contribution in [3.05, 3.63) is 22.3 Å². The van der Waals surface area contributed by atoms with E-state index in [0.717, 1.165) is 6.07 Å². The van der Waals surface area contributed by atoms with Crippen LogP contribution in [0, 0.1) is 0 Å². The monoisotopic (exact) mass is 322 g/mol. The Labute approximate surface area is 124 Å². The maximum atomic E-state index is 13.4. The highest BCUT2D eigenvalue weighted by atomic mass is 35.5. The molecule has 21 heavy (non-hydrogen) atoms. The summed E-state index contributed by atoms with van der Waals surface area (Å²) in [5.41, 5.74) is -0.296. The minimum absolute atomic E-state index is 0.00255. The molecule has 0 aromatic carbocycles. The zero-order chi connectivity index (χ0) is 15.6. The van der Waals surface area contributed by atoms with Crippen molar-refractivity contribution in [1.82, 2.24) is 4.98 Å². The zero-order valence-corrected chi connectivity index (χ0v) is 11.8. The number of hydrogen-bond donors (Lipinski definition) is 1. The van der Waals surface area contributed by atoms with Gasteiger partial charge >= 0.3 is 5.97 Å². The van der Waals surface area contributed by atoms with E-state index in [4.69, 9.17) is 11.6 Å². The third-order valence-electron chi connectivity index (χ3n) is 3.40. The first-order chi connectivity index (χ1) is 9.84. The first-order valence-corrected chi connectivity index (χ1v) is 6.83. The average Bonchev–Trinajstić information content (AvgIpc) is 2.59. The van der Waals surface area contributed by atoms with E-state index in [0.29, 0.717) is 0 Å². The number of aromatic nitrogens is 1. The first-order valence-electron chi connectivity index (χ1n) is 6.45. The van der Waals surface area contributed by atoms with Crippen molar-refractivity contribution in [2.24, 2.45) is 0 Å². The van der Waals surface area contributed by atoms with Crippen LogP contribution in [0.15, 0.2) is 6.07 Å². The van der Waals surface area contributed by atoms with Gasteiger partial charge in [0.25, 0.3) is 0 Å². The number of nitrogens with zero attached hydrogens (tertiary/aromatic N) is 2. The third kappa shape index (κ3) is 3.58. The molecular weight excluding hydrogens is 309 g/mol. The molecule has 0 unspecified atom stereocenters. The van der Waals surface area contributed by atoms with Gasteiger partial charge in [0, 0.05) is 25.9 Å². The molecule has 4 nitrogen and oxygen atoms in total. The molecule has 2 rings (SSSR count). The molecule has 1 aliphatic heterocycles. The number of carboxylic acid groups (broad SMARTS) is 1. The van der Waals surface area contributed by atoms with Crippen molar-refractivity contribution in [1.29, 1.82) is 0 Å². The van der Waals surface area contributed by atoms with Crippen molar-refractivity contribution in [3.8, 4) is 0 Å². The minimum Gasteiger partial charge on any atom is -0.478 e. The zero-order valence-electron chi connectivity index (χ0n) is 11.1. The molecule has 1 aliphatic rings. The van der Waals surface area contributed by atoms with Crippen LogP contribution in [0.5, 0.6) is 0 Å². The average molecular weight is 323 g/mol. The highest BCUT2D eigenvalue weighted by Gasteiger charge is 2.33. The Kier molecular flexibility index (Phi) is 4.61. The number of aromatic carboxylic acids is 1. The summed E-state index contributed by atoms with van der Waals surface area (Å²) in [5.74, 6) is -4.05. The van der Waals surface area contributed by atoms with E-state index in [1.165, 1.54) is 4.90 Å². The highest BCUT2D eigenvalue weighted by Crippen LogP contribution is 2.32. The summed E-state index contributed by atoms with van der Waals surface area (Å²) >= 11 is 5.76. The van der Waals surface area contributed by atoms with Gasteiger partial charge in [-0.2, -0.15) is 0 Å². The number of carboxylic acids is 1. The fourth-order valence-electron chi connectivity index (χ4n) is 2.28. The predicted octanol–water partition coefficient (Wildman–Crippen LogP) is 3.53. The molecule has 1 aromatic rings. The molecule has 0 saturated carbocycles. The van der Waals surface area contributed by atoms with Crippen molar-refractivity contribution in [2.75, 3.05) is 18.0 Å². The number of pyridine rings is 1. The fourth-order valence-corrected chi connectivity index (χ4v) is 2.49. The summed E-state index contributed by atoms with van der Waals surface area (Å²) in [6, 6.07) is 1.12. The van der Waals surface area contributed by atoms with Crippen LogP contribution in [-0.2, 0) is 6.67 Å². The van der Waals surface area contributed by atoms with Crippen LogP contribution >= 0.6 is 11.6 Å². The molecule has 1 aromatic heterocycles. The molecule has 1 fully saturated rings. The van der Waals surface area contributed by atoms with Crippen molar-refractivity contribution in [2.45, 2.75) is 31.9 Å². The Bertz CT molecular complexity index is 554. The van der Waals surface area contributed by atoms with Crippen molar-refractivity contribution < 1.29 is 23.1 Å². The number of alkyl halides is 3. The molecule has 1 saturated heterocycles. The maximum Gasteiger partial charge on any atom is 0.339 e. The molecule has 0 spiro atoms. The van der Waals surface area contributed by atoms with E-state index in [9.17, 15) is 23.1 Å². The Balaban J connectivity index is 2.39. The van der Waals surface area contributed by atoms with Gasteiger partial charge in [-0.1, -0.05) is 11.6 Å². The van der Waals surface area contributed by atoms with Gasteiger partial charge in [0.05, 0.1) is 10.7 Å². The van der Waals surface area contributed by atoms with Crippen molar-refractivity contribution >= 4 is 23.4 Å². The molecule has 0 radical (unpaired) electrons. The van der Waals surface area contributed by atoms with Gasteiger partial charge in [-0.05, 0) is 12.5 Å². The smallest absolute Gasteiger partial charge is 0.339 e. The topological polar surface area (TPSA) is 53.4 Å². The van der Waals surface area contributed by atoms with Crippen molar-refractivity contribution in [3.63, 3.8) is 0 Å². The Morgan fingerprint density at radius 1 is 1.43 bits per heavy atom. The summed E-state index contributed by atoms with van der Waals surface area (Å²) in [5, 5.41) is 9.11. The van der Waals surface area contributed by atoms with Crippen LogP contribution in [0.1, 0.15) is 35.3 Å². The van der Waals surface area contributed by atoms with Crippen LogP contribution in [0.2, 0.25) is 5.02 Å². The lowest BCUT2D eigenvalue weighted by Crippen LogP contribution is -2.28. The highest BCUT2D eigenvalue weighted by molar-refractivity contribution is 6.31. The van der Waals surface area contributed by atoms with Gasteiger partial charge in [0.15, 0.2) is 0 Å². The lowest BCUT2D eigenvalue weighted by atomic mass is 10.1. The molecule has 0 amide bonds. The summed E-state index contributed by atoms with van der Waals surface area (Å²) in [6.45, 7) is -0.737. The predicted molar refractivity (Wildman–Crippen MR) is 72.0 cm³/mol. The number of rotatable bonds is 3. The van der Waals surface area contributed by atoms with Crippen LogP contribution < -0.4 is 4.90 Å². The SMILES string of the molecule is O=C(O)c1cc(Cl)c(CF)nc1N1CCCC(F)(F)CC1. The van der Waals surface area contributed by atoms with E-state index in [1.54, 1.807) is 0 Å². The molecule has 1 N–H and O–H groups in total. The summed E-state index contributed by atoms with van der Waals surface area (Å²) < 4.78 is 39.6. The van der Waals surface area contributed by atoms with E-state index >= 15 is 0 Å². The van der Waals surface area contributed by atoms with Crippen LogP contribution in [0.3, 0.4) is 0 Å². The second-order valence-corrected chi connectivity index (χ2v) is 5.33. The molecule has 2 heterocycles. The van der Waals surface area contributed by atoms with E-state index in [1.807, 2.05) is 0 Å². The summed E-state index contributed by atoms with van der Waals surface area (Å²) in [7, 11) is 0. The summed E-state index contributed by atoms with van der Waals surface area (Å²) in [6.07, 6.45) is -0.432. The lowest BCUT2D eigenvalue weighted by Gasteiger charge is -2.24. The normalized spacial score (nSPS) is 18.4. The van der Waals surface area contributed by atoms with Crippen LogP contribution in [-0.4, -0.2) is 35.1 Å². The van der Waals surface area contributed by atoms with Gasteiger partial charge in [-0.15, -0.1) is 0 Å². The second kappa shape index (κ2) is 6.09. The quantitative estimate of drug-likeness (QED) is 0.925. The molecule has 0 aliphatic carbocycles. The number of carbonyl (C=O) groups is 1. The van der Waals surface area contributed by atoms with Gasteiger partial charge < -0.3 is 10.0 Å². The Hall–Kier alpha value is -1.50. The maximum absolute atomic E-state index is 13.4. The second-order valence-electron chi connectivity index (χ2n) is 4.92. The largest absolute Gasteiger partial charge is 0.478 e. The van der Waals surface area contributed by atoms with E-state index in [2.05, 4.69) is 4.98 Å². The lowest BCUT2D eigenvalue weighted by molar-refractivity contribution is -0.0102. The Morgan fingerprint density at radius 3 is 2.76 bits per heavy atom. The van der Waals surface area contributed by atoms with Gasteiger partial charge in [-0.3, -0.25) is 0 Å². The molecule has 0 atom stereocenters. The van der Waals surface area contributed by atoms with Gasteiger partial charge in [0.2, 0.25) is 5.92 Å². The number of hydrogen-bond acceptors (Lipinski definition) is 3. The van der Waals surface area contributed by atoms with Gasteiger partial charge in [0.1, 0.15) is 18.1 Å². The summed E-state index contributed by atoms with van der Waals surface area (Å²) in [4.78, 5) is 16.6. The fraction of sp³-hybridized carbons (Fsp3) is 0.538. The molecule has 0 bridgehead atoms. The van der Waals surface area contributed by atoms with Gasteiger partial charge in [-0.25, -0.2) is 22.9 Å². The number of anilines is 1. The van der Waals surface area contributed by atoms with E-state index < -0.39 is 18.6 Å². The third-order valence-corrected chi connectivity index (χ3v) is 3.73. The standard InChI is InChI=1S/C13H14ClF3N2O2/c14-9-6-8(12(20)21)11(18-10(9)7-15)19-4-1-2-13(16,17)3-5-19/h6H,1-5,7H2,(H,20,21). The molecular formula is C13H14ClF3N2O2. The molecule has 8 heteroatoms.